The van der Waals surface area contributed by atoms with E-state index in [9.17, 15) is 14.7 Å². The summed E-state index contributed by atoms with van der Waals surface area (Å²) >= 11 is 9.59. The number of carboxylic acids is 1. The summed E-state index contributed by atoms with van der Waals surface area (Å²) < 4.78 is 7.61. The molecule has 0 unspecified atom stereocenters. The first-order valence-electron chi connectivity index (χ1n) is 7.73. The first-order chi connectivity index (χ1) is 12.3. The number of nitrogens with zero attached hydrogens (tertiary/aromatic N) is 1. The smallest absolute Gasteiger partial charge is 0.307 e. The Balaban J connectivity index is 2.28. The first-order valence-corrected chi connectivity index (χ1v) is 8.90. The molecule has 2 aromatic carbocycles. The normalized spacial score (nSPS) is 10.9. The van der Waals surface area contributed by atoms with Crippen LogP contribution >= 0.6 is 27.5 Å². The minimum atomic E-state index is -0.975. The van der Waals surface area contributed by atoms with Gasteiger partial charge in [-0.3, -0.25) is 14.2 Å². The molecule has 7 heteroatoms. The van der Waals surface area contributed by atoms with E-state index in [1.807, 2.05) is 0 Å². The molecule has 0 radical (unpaired) electrons. The van der Waals surface area contributed by atoms with Crippen molar-refractivity contribution in [1.82, 2.24) is 4.57 Å². The van der Waals surface area contributed by atoms with Crippen molar-refractivity contribution >= 4 is 50.3 Å². The number of halogens is 2. The molecule has 1 heterocycles. The van der Waals surface area contributed by atoms with Crippen LogP contribution in [-0.2, 0) is 11.2 Å². The monoisotopic (exact) mass is 435 g/mol. The molecular formula is C19H15BrClNO4. The highest BCUT2D eigenvalue weighted by molar-refractivity contribution is 9.10. The number of fused-ring (bicyclic) bond motifs is 1. The van der Waals surface area contributed by atoms with Crippen molar-refractivity contribution in [3.05, 3.63) is 62.7 Å². The number of methoxy groups -OCH3 is 1. The van der Waals surface area contributed by atoms with Crippen LogP contribution in [0.4, 0.5) is 0 Å². The Morgan fingerprint density at radius 3 is 2.46 bits per heavy atom. The second-order valence-corrected chi connectivity index (χ2v) is 7.11. The average molecular weight is 437 g/mol. The fourth-order valence-corrected chi connectivity index (χ4v) is 3.49. The molecular weight excluding hydrogens is 422 g/mol. The SMILES string of the molecule is COc1cc2c(CC(=O)O)c(C)n(C(=O)c3ccc(Br)cc3)c2cc1Cl. The summed E-state index contributed by atoms with van der Waals surface area (Å²) in [5.74, 6) is -0.797. The molecule has 5 nitrogen and oxygen atoms in total. The van der Waals surface area contributed by atoms with E-state index in [0.717, 1.165) is 4.47 Å². The highest BCUT2D eigenvalue weighted by Crippen LogP contribution is 2.35. The summed E-state index contributed by atoms with van der Waals surface area (Å²) in [7, 11) is 1.49. The number of carboxylic acid groups (broad SMARTS) is 1. The third kappa shape index (κ3) is 3.22. The van der Waals surface area contributed by atoms with Crippen LogP contribution in [0.25, 0.3) is 10.9 Å². The summed E-state index contributed by atoms with van der Waals surface area (Å²) in [5, 5.41) is 10.3. The molecule has 3 rings (SSSR count). The molecule has 0 spiro atoms. The Kier molecular flexibility index (Phi) is 5.07. The predicted molar refractivity (Wildman–Crippen MR) is 103 cm³/mol. The van der Waals surface area contributed by atoms with Crippen LogP contribution in [0.15, 0.2) is 40.9 Å². The number of hydrogen-bond acceptors (Lipinski definition) is 3. The molecule has 3 aromatic rings. The third-order valence-corrected chi connectivity index (χ3v) is 5.05. The zero-order chi connectivity index (χ0) is 19.0. The van der Waals surface area contributed by atoms with Gasteiger partial charge in [-0.25, -0.2) is 0 Å². The molecule has 0 amide bonds. The highest BCUT2D eigenvalue weighted by Gasteiger charge is 2.22. The quantitative estimate of drug-likeness (QED) is 0.644. The molecule has 134 valence electrons. The van der Waals surface area contributed by atoms with Gasteiger partial charge in [-0.15, -0.1) is 0 Å². The van der Waals surface area contributed by atoms with E-state index < -0.39 is 5.97 Å². The number of aliphatic carboxylic acids is 1. The number of benzene rings is 2. The molecule has 0 bridgehead atoms. The summed E-state index contributed by atoms with van der Waals surface area (Å²) in [6, 6.07) is 10.3. The molecule has 1 N–H and O–H groups in total. The number of carbonyl (C=O) groups is 2. The Morgan fingerprint density at radius 2 is 1.88 bits per heavy atom. The van der Waals surface area contributed by atoms with E-state index in [2.05, 4.69) is 15.9 Å². The van der Waals surface area contributed by atoms with E-state index in [1.54, 1.807) is 43.3 Å². The zero-order valence-corrected chi connectivity index (χ0v) is 16.4. The molecule has 0 atom stereocenters. The maximum absolute atomic E-state index is 13.1. The van der Waals surface area contributed by atoms with Gasteiger partial charge in [0.2, 0.25) is 0 Å². The molecule has 0 aliphatic carbocycles. The minimum absolute atomic E-state index is 0.201. The number of ether oxygens (including phenoxy) is 1. The molecule has 0 aliphatic rings. The van der Waals surface area contributed by atoms with Gasteiger partial charge in [0.05, 0.1) is 24.1 Å². The summed E-state index contributed by atoms with van der Waals surface area (Å²) in [5.41, 5.74) is 2.17. The van der Waals surface area contributed by atoms with E-state index in [1.165, 1.54) is 11.7 Å². The number of carbonyl (C=O) groups excluding carboxylic acids is 1. The van der Waals surface area contributed by atoms with Crippen molar-refractivity contribution in [3.8, 4) is 5.75 Å². The lowest BCUT2D eigenvalue weighted by molar-refractivity contribution is -0.136. The van der Waals surface area contributed by atoms with Crippen molar-refractivity contribution in [3.63, 3.8) is 0 Å². The van der Waals surface area contributed by atoms with Gasteiger partial charge in [0.25, 0.3) is 5.91 Å². The van der Waals surface area contributed by atoms with Crippen LogP contribution < -0.4 is 4.74 Å². The third-order valence-electron chi connectivity index (χ3n) is 4.23. The Morgan fingerprint density at radius 1 is 1.23 bits per heavy atom. The Labute approximate surface area is 163 Å². The van der Waals surface area contributed by atoms with Crippen molar-refractivity contribution in [2.45, 2.75) is 13.3 Å². The lowest BCUT2D eigenvalue weighted by atomic mass is 10.1. The molecule has 0 saturated carbocycles. The van der Waals surface area contributed by atoms with Crippen molar-refractivity contribution in [1.29, 1.82) is 0 Å². The van der Waals surface area contributed by atoms with E-state index >= 15 is 0 Å². The van der Waals surface area contributed by atoms with E-state index in [-0.39, 0.29) is 12.3 Å². The van der Waals surface area contributed by atoms with Gasteiger partial charge in [-0.1, -0.05) is 27.5 Å². The van der Waals surface area contributed by atoms with Gasteiger partial charge in [-0.05, 0) is 48.9 Å². The standard InChI is InChI=1S/C19H15BrClNO4/c1-10-13(8-18(23)24)14-7-17(26-2)15(21)9-16(14)22(10)19(25)11-3-5-12(20)6-4-11/h3-7,9H,8H2,1-2H3,(H,23,24). The minimum Gasteiger partial charge on any atom is -0.495 e. The fourth-order valence-electron chi connectivity index (χ4n) is 2.99. The molecule has 26 heavy (non-hydrogen) atoms. The number of rotatable bonds is 4. The highest BCUT2D eigenvalue weighted by atomic mass is 79.9. The lowest BCUT2D eigenvalue weighted by Crippen LogP contribution is -2.14. The summed E-state index contributed by atoms with van der Waals surface area (Å²) in [6.45, 7) is 1.73. The van der Waals surface area contributed by atoms with Crippen LogP contribution in [-0.4, -0.2) is 28.7 Å². The summed E-state index contributed by atoms with van der Waals surface area (Å²) in [4.78, 5) is 24.4. The van der Waals surface area contributed by atoms with Crippen LogP contribution in [0, 0.1) is 6.92 Å². The van der Waals surface area contributed by atoms with E-state index in [0.29, 0.717) is 38.5 Å². The molecule has 1 aromatic heterocycles. The second-order valence-electron chi connectivity index (χ2n) is 5.79. The predicted octanol–water partition coefficient (Wildman–Crippen LogP) is 4.69. The lowest BCUT2D eigenvalue weighted by Gasteiger charge is -2.09. The van der Waals surface area contributed by atoms with Gasteiger partial charge in [0.15, 0.2) is 0 Å². The van der Waals surface area contributed by atoms with Crippen LogP contribution in [0.3, 0.4) is 0 Å². The van der Waals surface area contributed by atoms with Crippen LogP contribution in [0.5, 0.6) is 5.75 Å². The van der Waals surface area contributed by atoms with Crippen LogP contribution in [0.1, 0.15) is 21.6 Å². The van der Waals surface area contributed by atoms with Crippen molar-refractivity contribution in [2.24, 2.45) is 0 Å². The number of aromatic nitrogens is 1. The molecule has 0 fully saturated rings. The Hall–Kier alpha value is -2.31. The Bertz CT molecular complexity index is 1020. The fraction of sp³-hybridized carbons (Fsp3) is 0.158. The van der Waals surface area contributed by atoms with Gasteiger partial charge in [0.1, 0.15) is 5.75 Å². The van der Waals surface area contributed by atoms with Gasteiger partial charge in [0, 0.05) is 21.1 Å². The van der Waals surface area contributed by atoms with Gasteiger partial charge >= 0.3 is 5.97 Å². The number of hydrogen-bond donors (Lipinski definition) is 1. The molecule has 0 aliphatic heterocycles. The largest absolute Gasteiger partial charge is 0.495 e. The molecule has 0 saturated heterocycles. The second kappa shape index (κ2) is 7.13. The summed E-state index contributed by atoms with van der Waals surface area (Å²) in [6.07, 6.45) is -0.201. The zero-order valence-electron chi connectivity index (χ0n) is 14.0. The van der Waals surface area contributed by atoms with Crippen molar-refractivity contribution < 1.29 is 19.4 Å². The van der Waals surface area contributed by atoms with Crippen molar-refractivity contribution in [2.75, 3.05) is 7.11 Å². The average Bonchev–Trinajstić information content (AvgIpc) is 2.85. The van der Waals surface area contributed by atoms with Gasteiger partial charge in [-0.2, -0.15) is 0 Å². The first kappa shape index (κ1) is 18.5. The van der Waals surface area contributed by atoms with Crippen LogP contribution in [0.2, 0.25) is 5.02 Å². The van der Waals surface area contributed by atoms with E-state index in [4.69, 9.17) is 16.3 Å². The maximum atomic E-state index is 13.1. The maximum Gasteiger partial charge on any atom is 0.307 e. The van der Waals surface area contributed by atoms with Gasteiger partial charge < -0.3 is 9.84 Å². The topological polar surface area (TPSA) is 68.5 Å².